The van der Waals surface area contributed by atoms with Crippen molar-refractivity contribution in [3.8, 4) is 0 Å². The van der Waals surface area contributed by atoms with Crippen molar-refractivity contribution in [2.75, 3.05) is 19.7 Å². The number of nitrogens with one attached hydrogen (secondary N) is 2. The Bertz CT molecular complexity index is 397. The Labute approximate surface area is 116 Å². The molecular formula is C12H19N3O5. The highest BCUT2D eigenvalue weighted by Crippen LogP contribution is 2.10. The van der Waals surface area contributed by atoms with Crippen molar-refractivity contribution < 1.29 is 23.9 Å². The Kier molecular flexibility index (Phi) is 6.48. The summed E-state index contributed by atoms with van der Waals surface area (Å²) in [6.45, 7) is 1.12. The van der Waals surface area contributed by atoms with Gasteiger partial charge in [-0.2, -0.15) is 0 Å². The third-order valence-electron chi connectivity index (χ3n) is 2.73. The predicted octanol–water partition coefficient (Wildman–Crippen LogP) is -0.900. The summed E-state index contributed by atoms with van der Waals surface area (Å²) in [6.07, 6.45) is 3.11. The number of carbonyl (C=O) groups is 4. The van der Waals surface area contributed by atoms with E-state index in [4.69, 9.17) is 4.74 Å². The first-order chi connectivity index (χ1) is 9.49. The highest BCUT2D eigenvalue weighted by atomic mass is 16.5. The van der Waals surface area contributed by atoms with E-state index in [0.717, 1.165) is 19.3 Å². The van der Waals surface area contributed by atoms with E-state index in [1.807, 2.05) is 0 Å². The lowest BCUT2D eigenvalue weighted by Gasteiger charge is -2.19. The van der Waals surface area contributed by atoms with E-state index < -0.39 is 24.4 Å². The minimum atomic E-state index is -0.643. The molecule has 1 aliphatic rings. The fourth-order valence-electron chi connectivity index (χ4n) is 1.75. The molecule has 0 bridgehead atoms. The smallest absolute Gasteiger partial charge is 0.326 e. The summed E-state index contributed by atoms with van der Waals surface area (Å²) in [7, 11) is 0. The SMILES string of the molecule is CC(=O)NNC(=O)COC(=O)CN1CCCCCC1=O. The minimum Gasteiger partial charge on any atom is -0.454 e. The number of hydrazine groups is 1. The summed E-state index contributed by atoms with van der Waals surface area (Å²) in [5.74, 6) is -1.78. The monoisotopic (exact) mass is 285 g/mol. The molecule has 0 saturated carbocycles. The maximum Gasteiger partial charge on any atom is 0.326 e. The molecule has 0 aromatic carbocycles. The van der Waals surface area contributed by atoms with Gasteiger partial charge in [-0.05, 0) is 12.8 Å². The van der Waals surface area contributed by atoms with Crippen LogP contribution in [0, 0.1) is 0 Å². The standard InChI is InChI=1S/C12H19N3O5/c1-9(16)13-14-10(17)8-20-12(19)7-15-6-4-2-3-5-11(15)18/h2-8H2,1H3,(H,13,16)(H,14,17). The zero-order valence-corrected chi connectivity index (χ0v) is 11.4. The van der Waals surface area contributed by atoms with Gasteiger partial charge in [0, 0.05) is 19.9 Å². The van der Waals surface area contributed by atoms with Crippen molar-refractivity contribution in [3.05, 3.63) is 0 Å². The maximum absolute atomic E-state index is 11.7. The molecule has 1 rings (SSSR count). The van der Waals surface area contributed by atoms with Crippen LogP contribution in [0.5, 0.6) is 0 Å². The lowest BCUT2D eigenvalue weighted by atomic mass is 10.2. The fraction of sp³-hybridized carbons (Fsp3) is 0.667. The normalized spacial score (nSPS) is 15.2. The van der Waals surface area contributed by atoms with Crippen LogP contribution in [-0.2, 0) is 23.9 Å². The van der Waals surface area contributed by atoms with E-state index >= 15 is 0 Å². The van der Waals surface area contributed by atoms with Gasteiger partial charge in [0.25, 0.3) is 5.91 Å². The molecule has 0 atom stereocenters. The van der Waals surface area contributed by atoms with Crippen LogP contribution in [0.15, 0.2) is 0 Å². The predicted molar refractivity (Wildman–Crippen MR) is 68.0 cm³/mol. The van der Waals surface area contributed by atoms with Crippen molar-refractivity contribution in [3.63, 3.8) is 0 Å². The van der Waals surface area contributed by atoms with Crippen molar-refractivity contribution >= 4 is 23.7 Å². The minimum absolute atomic E-state index is 0.0675. The molecule has 112 valence electrons. The molecule has 0 radical (unpaired) electrons. The third kappa shape index (κ3) is 6.17. The van der Waals surface area contributed by atoms with E-state index in [2.05, 4.69) is 10.9 Å². The van der Waals surface area contributed by atoms with Gasteiger partial charge in [0.15, 0.2) is 6.61 Å². The van der Waals surface area contributed by atoms with Crippen LogP contribution in [0.25, 0.3) is 0 Å². The number of nitrogens with zero attached hydrogens (tertiary/aromatic N) is 1. The molecule has 0 unspecified atom stereocenters. The number of esters is 1. The lowest BCUT2D eigenvalue weighted by molar-refractivity contribution is -0.152. The van der Waals surface area contributed by atoms with Gasteiger partial charge in [-0.25, -0.2) is 0 Å². The van der Waals surface area contributed by atoms with Gasteiger partial charge in [0.05, 0.1) is 0 Å². The first-order valence-electron chi connectivity index (χ1n) is 6.48. The maximum atomic E-state index is 11.7. The Morgan fingerprint density at radius 3 is 2.65 bits per heavy atom. The van der Waals surface area contributed by atoms with Gasteiger partial charge in [-0.15, -0.1) is 0 Å². The van der Waals surface area contributed by atoms with Crippen LogP contribution < -0.4 is 10.9 Å². The largest absolute Gasteiger partial charge is 0.454 e. The van der Waals surface area contributed by atoms with Crippen LogP contribution >= 0.6 is 0 Å². The Morgan fingerprint density at radius 2 is 1.95 bits per heavy atom. The van der Waals surface area contributed by atoms with E-state index in [0.29, 0.717) is 13.0 Å². The zero-order valence-electron chi connectivity index (χ0n) is 11.4. The lowest BCUT2D eigenvalue weighted by Crippen LogP contribution is -2.43. The molecule has 0 aromatic rings. The number of rotatable bonds is 4. The first-order valence-corrected chi connectivity index (χ1v) is 6.48. The molecule has 0 spiro atoms. The molecule has 1 aliphatic heterocycles. The van der Waals surface area contributed by atoms with E-state index in [1.165, 1.54) is 11.8 Å². The second kappa shape index (κ2) is 8.13. The quantitative estimate of drug-likeness (QED) is 0.514. The molecule has 1 saturated heterocycles. The Balaban J connectivity index is 2.26. The zero-order chi connectivity index (χ0) is 15.0. The second-order valence-corrected chi connectivity index (χ2v) is 4.52. The van der Waals surface area contributed by atoms with Gasteiger partial charge in [-0.1, -0.05) is 6.42 Å². The molecule has 8 heteroatoms. The highest BCUT2D eigenvalue weighted by Gasteiger charge is 2.20. The van der Waals surface area contributed by atoms with Crippen LogP contribution in [0.3, 0.4) is 0 Å². The van der Waals surface area contributed by atoms with Gasteiger partial charge in [0.2, 0.25) is 11.8 Å². The number of carbonyl (C=O) groups excluding carboxylic acids is 4. The molecule has 8 nitrogen and oxygen atoms in total. The van der Waals surface area contributed by atoms with Crippen molar-refractivity contribution in [1.82, 2.24) is 15.8 Å². The van der Waals surface area contributed by atoms with Gasteiger partial charge in [0.1, 0.15) is 6.54 Å². The highest BCUT2D eigenvalue weighted by molar-refractivity contribution is 5.85. The van der Waals surface area contributed by atoms with Gasteiger partial charge < -0.3 is 9.64 Å². The van der Waals surface area contributed by atoms with Crippen molar-refractivity contribution in [2.24, 2.45) is 0 Å². The Hall–Kier alpha value is -2.12. The number of hydrogen-bond acceptors (Lipinski definition) is 5. The molecule has 2 N–H and O–H groups in total. The van der Waals surface area contributed by atoms with E-state index in [9.17, 15) is 19.2 Å². The summed E-state index contributed by atoms with van der Waals surface area (Å²) in [5, 5.41) is 0. The molecule has 3 amide bonds. The average Bonchev–Trinajstić information content (AvgIpc) is 2.59. The van der Waals surface area contributed by atoms with Gasteiger partial charge in [-0.3, -0.25) is 30.0 Å². The molecule has 0 aliphatic carbocycles. The van der Waals surface area contributed by atoms with Crippen LogP contribution in [0.4, 0.5) is 0 Å². The number of amides is 3. The number of ether oxygens (including phenoxy) is 1. The molecule has 1 heterocycles. The summed E-state index contributed by atoms with van der Waals surface area (Å²) >= 11 is 0. The number of likely N-dealkylation sites (tertiary alicyclic amines) is 1. The van der Waals surface area contributed by atoms with Crippen molar-refractivity contribution in [1.29, 1.82) is 0 Å². The molecule has 20 heavy (non-hydrogen) atoms. The van der Waals surface area contributed by atoms with Crippen LogP contribution in [-0.4, -0.2) is 48.3 Å². The Morgan fingerprint density at radius 1 is 1.20 bits per heavy atom. The number of hydrogen-bond donors (Lipinski definition) is 2. The average molecular weight is 285 g/mol. The first kappa shape index (κ1) is 15.9. The fourth-order valence-corrected chi connectivity index (χ4v) is 1.75. The van der Waals surface area contributed by atoms with Crippen molar-refractivity contribution in [2.45, 2.75) is 32.6 Å². The summed E-state index contributed by atoms with van der Waals surface area (Å²) < 4.78 is 4.73. The summed E-state index contributed by atoms with van der Waals surface area (Å²) in [6, 6.07) is 0. The third-order valence-corrected chi connectivity index (χ3v) is 2.73. The topological polar surface area (TPSA) is 105 Å². The van der Waals surface area contributed by atoms with E-state index in [1.54, 1.807) is 0 Å². The second-order valence-electron chi connectivity index (χ2n) is 4.52. The van der Waals surface area contributed by atoms with Crippen LogP contribution in [0.1, 0.15) is 32.6 Å². The van der Waals surface area contributed by atoms with E-state index in [-0.39, 0.29) is 12.5 Å². The summed E-state index contributed by atoms with van der Waals surface area (Å²) in [4.78, 5) is 46.4. The molecule has 1 fully saturated rings. The van der Waals surface area contributed by atoms with Crippen LogP contribution in [0.2, 0.25) is 0 Å². The molecule has 0 aromatic heterocycles. The molecular weight excluding hydrogens is 266 g/mol. The summed E-state index contributed by atoms with van der Waals surface area (Å²) in [5.41, 5.74) is 4.14. The van der Waals surface area contributed by atoms with Gasteiger partial charge >= 0.3 is 5.97 Å².